The molecular formula is C15H15N3O2. The molecule has 20 heavy (non-hydrogen) atoms. The summed E-state index contributed by atoms with van der Waals surface area (Å²) in [7, 11) is 0. The molecule has 102 valence electrons. The van der Waals surface area contributed by atoms with Gasteiger partial charge in [-0.15, -0.1) is 0 Å². The number of aryl methyl sites for hydroxylation is 2. The number of aromatic nitrogens is 1. The van der Waals surface area contributed by atoms with E-state index in [-0.39, 0.29) is 11.7 Å². The Morgan fingerprint density at radius 1 is 1.45 bits per heavy atom. The predicted molar refractivity (Wildman–Crippen MR) is 76.3 cm³/mol. The van der Waals surface area contributed by atoms with Crippen molar-refractivity contribution in [1.82, 2.24) is 4.98 Å². The van der Waals surface area contributed by atoms with Gasteiger partial charge in [-0.3, -0.25) is 4.79 Å². The normalized spacial score (nSPS) is 9.75. The number of nitrogens with zero attached hydrogens (tertiary/aromatic N) is 1. The first-order chi connectivity index (χ1) is 9.60. The quantitative estimate of drug-likeness (QED) is 0.815. The second kappa shape index (κ2) is 6.04. The summed E-state index contributed by atoms with van der Waals surface area (Å²) in [6.07, 6.45) is 0. The molecule has 0 radical (unpaired) electrons. The summed E-state index contributed by atoms with van der Waals surface area (Å²) in [4.78, 5) is 16.1. The van der Waals surface area contributed by atoms with E-state index in [9.17, 15) is 4.79 Å². The summed E-state index contributed by atoms with van der Waals surface area (Å²) in [5, 5.41) is 2.76. The zero-order chi connectivity index (χ0) is 14.5. The van der Waals surface area contributed by atoms with E-state index in [0.717, 1.165) is 5.56 Å². The largest absolute Gasteiger partial charge is 0.436 e. The molecule has 1 aromatic heterocycles. The minimum absolute atomic E-state index is 0.223. The summed E-state index contributed by atoms with van der Waals surface area (Å²) in [5.74, 6) is 6.04. The number of hydrogen-bond donors (Lipinski definition) is 2. The van der Waals surface area contributed by atoms with Crippen molar-refractivity contribution in [1.29, 1.82) is 0 Å². The lowest BCUT2D eigenvalue weighted by Crippen LogP contribution is -2.12. The number of amides is 1. The van der Waals surface area contributed by atoms with Gasteiger partial charge in [0.05, 0.1) is 12.2 Å². The lowest BCUT2D eigenvalue weighted by atomic mass is 10.2. The van der Waals surface area contributed by atoms with Crippen molar-refractivity contribution >= 4 is 11.6 Å². The Kier molecular flexibility index (Phi) is 4.18. The third-order valence-electron chi connectivity index (χ3n) is 2.56. The third-order valence-corrected chi connectivity index (χ3v) is 2.56. The van der Waals surface area contributed by atoms with Crippen LogP contribution in [0.25, 0.3) is 0 Å². The van der Waals surface area contributed by atoms with Crippen LogP contribution >= 0.6 is 0 Å². The zero-order valence-corrected chi connectivity index (χ0v) is 11.4. The average molecular weight is 269 g/mol. The van der Waals surface area contributed by atoms with Crippen molar-refractivity contribution in [3.8, 4) is 11.8 Å². The van der Waals surface area contributed by atoms with Crippen LogP contribution in [-0.4, -0.2) is 17.4 Å². The van der Waals surface area contributed by atoms with Crippen LogP contribution in [0.5, 0.6) is 0 Å². The Bertz CT molecular complexity index is 693. The van der Waals surface area contributed by atoms with Crippen LogP contribution < -0.4 is 11.1 Å². The Balaban J connectivity index is 2.17. The lowest BCUT2D eigenvalue weighted by Gasteiger charge is -2.03. The maximum atomic E-state index is 12.1. The van der Waals surface area contributed by atoms with Crippen LogP contribution in [0.2, 0.25) is 0 Å². The van der Waals surface area contributed by atoms with Crippen LogP contribution in [-0.2, 0) is 0 Å². The molecule has 0 unspecified atom stereocenters. The molecule has 5 nitrogen and oxygen atoms in total. The third kappa shape index (κ3) is 3.25. The number of oxazole rings is 1. The second-order valence-electron chi connectivity index (χ2n) is 4.19. The summed E-state index contributed by atoms with van der Waals surface area (Å²) in [6.45, 7) is 3.73. The van der Waals surface area contributed by atoms with Gasteiger partial charge in [0.2, 0.25) is 5.76 Å². The number of carbonyl (C=O) groups is 1. The smallest absolute Gasteiger partial charge is 0.293 e. The maximum absolute atomic E-state index is 12.1. The fraction of sp³-hybridized carbons (Fsp3) is 0.200. The fourth-order valence-corrected chi connectivity index (χ4v) is 1.76. The summed E-state index contributed by atoms with van der Waals surface area (Å²) < 4.78 is 5.28. The van der Waals surface area contributed by atoms with E-state index in [0.29, 0.717) is 23.8 Å². The summed E-state index contributed by atoms with van der Waals surface area (Å²) in [6, 6.07) is 7.22. The van der Waals surface area contributed by atoms with Gasteiger partial charge in [-0.1, -0.05) is 17.9 Å². The fourth-order valence-electron chi connectivity index (χ4n) is 1.76. The van der Waals surface area contributed by atoms with Gasteiger partial charge in [-0.05, 0) is 25.1 Å². The molecule has 0 fully saturated rings. The van der Waals surface area contributed by atoms with Gasteiger partial charge < -0.3 is 15.5 Å². The van der Waals surface area contributed by atoms with Crippen LogP contribution in [0, 0.1) is 25.7 Å². The Labute approximate surface area is 117 Å². The van der Waals surface area contributed by atoms with Gasteiger partial charge >= 0.3 is 0 Å². The highest BCUT2D eigenvalue weighted by atomic mass is 16.4. The molecule has 1 amide bonds. The van der Waals surface area contributed by atoms with E-state index >= 15 is 0 Å². The highest BCUT2D eigenvalue weighted by Crippen LogP contribution is 2.14. The molecular weight excluding hydrogens is 254 g/mol. The van der Waals surface area contributed by atoms with Crippen molar-refractivity contribution in [2.75, 3.05) is 11.9 Å². The van der Waals surface area contributed by atoms with Crippen molar-refractivity contribution in [2.24, 2.45) is 5.73 Å². The number of anilines is 1. The zero-order valence-electron chi connectivity index (χ0n) is 11.4. The van der Waals surface area contributed by atoms with E-state index in [1.807, 2.05) is 12.1 Å². The molecule has 0 saturated heterocycles. The molecule has 1 heterocycles. The van der Waals surface area contributed by atoms with E-state index < -0.39 is 0 Å². The predicted octanol–water partition coefficient (Wildman–Crippen LogP) is 1.85. The van der Waals surface area contributed by atoms with Crippen LogP contribution in [0.4, 0.5) is 5.69 Å². The van der Waals surface area contributed by atoms with E-state index in [2.05, 4.69) is 22.1 Å². The van der Waals surface area contributed by atoms with E-state index in [1.165, 1.54) is 0 Å². The summed E-state index contributed by atoms with van der Waals surface area (Å²) >= 11 is 0. The summed E-state index contributed by atoms with van der Waals surface area (Å²) in [5.41, 5.74) is 7.33. The Morgan fingerprint density at radius 3 is 2.90 bits per heavy atom. The van der Waals surface area contributed by atoms with E-state index in [1.54, 1.807) is 26.0 Å². The number of nitrogens with two attached hydrogens (primary N) is 1. The average Bonchev–Trinajstić information content (AvgIpc) is 2.76. The molecule has 3 N–H and O–H groups in total. The molecule has 0 atom stereocenters. The first kappa shape index (κ1) is 13.8. The molecule has 0 spiro atoms. The van der Waals surface area contributed by atoms with Gasteiger partial charge in [-0.2, -0.15) is 0 Å². The molecule has 2 aromatic rings. The molecule has 2 rings (SSSR count). The lowest BCUT2D eigenvalue weighted by molar-refractivity contribution is 0.0994. The Hall–Kier alpha value is -2.58. The standard InChI is InChI=1S/C15H15N3O2/c1-10-14(20-11(2)17-10)15(19)18-13-7-3-5-12(9-13)6-4-8-16/h3,5,7,9H,8,16H2,1-2H3,(H,18,19). The van der Waals surface area contributed by atoms with Crippen LogP contribution in [0.15, 0.2) is 28.7 Å². The highest BCUT2D eigenvalue weighted by Gasteiger charge is 2.15. The Morgan fingerprint density at radius 2 is 2.25 bits per heavy atom. The number of carbonyl (C=O) groups excluding carboxylic acids is 1. The first-order valence-corrected chi connectivity index (χ1v) is 6.14. The molecule has 0 aliphatic heterocycles. The van der Waals surface area contributed by atoms with Crippen molar-refractivity contribution in [2.45, 2.75) is 13.8 Å². The molecule has 0 aliphatic rings. The number of nitrogens with one attached hydrogen (secondary N) is 1. The topological polar surface area (TPSA) is 81.2 Å². The van der Waals surface area contributed by atoms with Crippen LogP contribution in [0.1, 0.15) is 27.7 Å². The van der Waals surface area contributed by atoms with Crippen LogP contribution in [0.3, 0.4) is 0 Å². The van der Waals surface area contributed by atoms with Gasteiger partial charge in [0.15, 0.2) is 5.89 Å². The van der Waals surface area contributed by atoms with Crippen molar-refractivity contribution in [3.05, 3.63) is 47.2 Å². The highest BCUT2D eigenvalue weighted by molar-refractivity contribution is 6.03. The first-order valence-electron chi connectivity index (χ1n) is 6.14. The molecule has 0 saturated carbocycles. The molecule has 5 heteroatoms. The second-order valence-corrected chi connectivity index (χ2v) is 4.19. The number of hydrogen-bond acceptors (Lipinski definition) is 4. The minimum Gasteiger partial charge on any atom is -0.436 e. The molecule has 1 aromatic carbocycles. The maximum Gasteiger partial charge on any atom is 0.293 e. The number of benzene rings is 1. The van der Waals surface area contributed by atoms with Crippen molar-refractivity contribution in [3.63, 3.8) is 0 Å². The van der Waals surface area contributed by atoms with Gasteiger partial charge in [0, 0.05) is 18.2 Å². The monoisotopic (exact) mass is 269 g/mol. The molecule has 0 aliphatic carbocycles. The van der Waals surface area contributed by atoms with E-state index in [4.69, 9.17) is 10.2 Å². The van der Waals surface area contributed by atoms with Gasteiger partial charge in [-0.25, -0.2) is 4.98 Å². The molecule has 0 bridgehead atoms. The van der Waals surface area contributed by atoms with Gasteiger partial charge in [0.25, 0.3) is 5.91 Å². The van der Waals surface area contributed by atoms with Crippen molar-refractivity contribution < 1.29 is 9.21 Å². The number of rotatable bonds is 2. The SMILES string of the molecule is Cc1nc(C)c(C(=O)Nc2cccc(C#CCN)c2)o1. The minimum atomic E-state index is -0.327. The van der Waals surface area contributed by atoms with Gasteiger partial charge in [0.1, 0.15) is 0 Å².